The summed E-state index contributed by atoms with van der Waals surface area (Å²) >= 11 is 0. The second kappa shape index (κ2) is 6.43. The molecule has 0 aromatic carbocycles. The number of rotatable bonds is 4. The van der Waals surface area contributed by atoms with Gasteiger partial charge in [0.2, 0.25) is 0 Å². The molecular formula is C17H28N6. The van der Waals surface area contributed by atoms with Gasteiger partial charge in [-0.2, -0.15) is 4.52 Å². The second-order valence-electron chi connectivity index (χ2n) is 7.42. The number of nitrogens with one attached hydrogen (secondary N) is 1. The van der Waals surface area contributed by atoms with Gasteiger partial charge in [0.1, 0.15) is 5.82 Å². The molecule has 126 valence electrons. The standard InChI is InChI=1S/C17H28N6/c1-5-22-11-7-6-8-13(22)12-18-14-9-10-15-19-20-16(17(2,3)4)23(15)21-14/h9-10,13H,5-8,11-12H2,1-4H3,(H,18,21). The smallest absolute Gasteiger partial charge is 0.178 e. The van der Waals surface area contributed by atoms with Gasteiger partial charge in [-0.1, -0.05) is 34.1 Å². The quantitative estimate of drug-likeness (QED) is 0.940. The zero-order valence-corrected chi connectivity index (χ0v) is 14.7. The lowest BCUT2D eigenvalue weighted by atomic mass is 9.96. The van der Waals surface area contributed by atoms with Crippen LogP contribution in [-0.4, -0.2) is 50.4 Å². The summed E-state index contributed by atoms with van der Waals surface area (Å²) in [6.07, 6.45) is 3.92. The Morgan fingerprint density at radius 1 is 1.22 bits per heavy atom. The van der Waals surface area contributed by atoms with Gasteiger partial charge in [0.05, 0.1) is 0 Å². The fraction of sp³-hybridized carbons (Fsp3) is 0.706. The topological polar surface area (TPSA) is 58.3 Å². The van der Waals surface area contributed by atoms with Crippen LogP contribution in [0.4, 0.5) is 5.82 Å². The molecule has 1 aliphatic heterocycles. The van der Waals surface area contributed by atoms with Crippen LogP contribution in [0.25, 0.3) is 5.65 Å². The van der Waals surface area contributed by atoms with Crippen LogP contribution in [0, 0.1) is 0 Å². The summed E-state index contributed by atoms with van der Waals surface area (Å²) in [6, 6.07) is 4.58. The van der Waals surface area contributed by atoms with Gasteiger partial charge in [-0.15, -0.1) is 15.3 Å². The number of hydrogen-bond donors (Lipinski definition) is 1. The number of likely N-dealkylation sites (N-methyl/N-ethyl adjacent to an activating group) is 1. The van der Waals surface area contributed by atoms with Gasteiger partial charge in [0.15, 0.2) is 11.5 Å². The molecule has 6 nitrogen and oxygen atoms in total. The lowest BCUT2D eigenvalue weighted by Crippen LogP contribution is -2.43. The maximum atomic E-state index is 4.70. The first-order valence-corrected chi connectivity index (χ1v) is 8.70. The van der Waals surface area contributed by atoms with Crippen LogP contribution in [0.15, 0.2) is 12.1 Å². The summed E-state index contributed by atoms with van der Waals surface area (Å²) in [5.41, 5.74) is 0.723. The lowest BCUT2D eigenvalue weighted by molar-refractivity contribution is 0.164. The molecule has 0 amide bonds. The third-order valence-electron chi connectivity index (χ3n) is 4.61. The minimum Gasteiger partial charge on any atom is -0.367 e. The average molecular weight is 316 g/mol. The van der Waals surface area contributed by atoms with Gasteiger partial charge < -0.3 is 5.32 Å². The van der Waals surface area contributed by atoms with Gasteiger partial charge in [0.25, 0.3) is 0 Å². The van der Waals surface area contributed by atoms with Gasteiger partial charge in [-0.25, -0.2) is 0 Å². The lowest BCUT2D eigenvalue weighted by Gasteiger charge is -2.35. The van der Waals surface area contributed by atoms with Crippen molar-refractivity contribution in [2.75, 3.05) is 25.0 Å². The van der Waals surface area contributed by atoms with Crippen LogP contribution in [0.1, 0.15) is 52.8 Å². The molecule has 6 heteroatoms. The van der Waals surface area contributed by atoms with Crippen molar-refractivity contribution in [3.63, 3.8) is 0 Å². The van der Waals surface area contributed by atoms with E-state index in [-0.39, 0.29) is 5.41 Å². The van der Waals surface area contributed by atoms with E-state index in [9.17, 15) is 0 Å². The van der Waals surface area contributed by atoms with Crippen molar-refractivity contribution in [2.24, 2.45) is 0 Å². The number of aromatic nitrogens is 4. The SMILES string of the molecule is CCN1CCCCC1CNc1ccc2nnc(C(C)(C)C)n2n1. The highest BCUT2D eigenvalue weighted by Crippen LogP contribution is 2.21. The summed E-state index contributed by atoms with van der Waals surface area (Å²) < 4.78 is 1.86. The minimum atomic E-state index is -0.0760. The normalized spacial score (nSPS) is 20.1. The van der Waals surface area contributed by atoms with Crippen molar-refractivity contribution >= 4 is 11.5 Å². The fourth-order valence-electron chi connectivity index (χ4n) is 3.28. The molecule has 1 N–H and O–H groups in total. The Balaban J connectivity index is 1.75. The summed E-state index contributed by atoms with van der Waals surface area (Å²) in [4.78, 5) is 2.56. The molecule has 0 aliphatic carbocycles. The average Bonchev–Trinajstić information content (AvgIpc) is 2.96. The first-order valence-electron chi connectivity index (χ1n) is 8.70. The first-order chi connectivity index (χ1) is 11.0. The van der Waals surface area contributed by atoms with Gasteiger partial charge in [0, 0.05) is 18.0 Å². The van der Waals surface area contributed by atoms with E-state index in [2.05, 4.69) is 48.1 Å². The molecule has 1 unspecified atom stereocenters. The maximum Gasteiger partial charge on any atom is 0.178 e. The molecule has 0 bridgehead atoms. The monoisotopic (exact) mass is 316 g/mol. The Hall–Kier alpha value is -1.69. The third kappa shape index (κ3) is 3.47. The van der Waals surface area contributed by atoms with Crippen molar-refractivity contribution in [3.8, 4) is 0 Å². The Bertz CT molecular complexity index is 657. The van der Waals surface area contributed by atoms with E-state index in [1.165, 1.54) is 25.8 Å². The molecule has 1 aliphatic rings. The highest BCUT2D eigenvalue weighted by Gasteiger charge is 2.23. The summed E-state index contributed by atoms with van der Waals surface area (Å²) in [7, 11) is 0. The van der Waals surface area contributed by atoms with Crippen LogP contribution in [0.2, 0.25) is 0 Å². The van der Waals surface area contributed by atoms with Crippen molar-refractivity contribution in [2.45, 2.75) is 58.4 Å². The second-order valence-corrected chi connectivity index (χ2v) is 7.42. The molecule has 2 aromatic heterocycles. The molecule has 3 heterocycles. The molecule has 1 fully saturated rings. The molecule has 3 rings (SSSR count). The highest BCUT2D eigenvalue weighted by molar-refractivity contribution is 5.44. The van der Waals surface area contributed by atoms with Crippen LogP contribution in [0.5, 0.6) is 0 Å². The highest BCUT2D eigenvalue weighted by atomic mass is 15.4. The van der Waals surface area contributed by atoms with Gasteiger partial charge >= 0.3 is 0 Å². The van der Waals surface area contributed by atoms with Crippen molar-refractivity contribution in [1.29, 1.82) is 0 Å². The van der Waals surface area contributed by atoms with Crippen LogP contribution >= 0.6 is 0 Å². The van der Waals surface area contributed by atoms with Crippen LogP contribution in [0.3, 0.4) is 0 Å². The largest absolute Gasteiger partial charge is 0.367 e. The van der Waals surface area contributed by atoms with Crippen LogP contribution < -0.4 is 5.32 Å². The maximum absolute atomic E-state index is 4.70. The van der Waals surface area contributed by atoms with Gasteiger partial charge in [-0.3, -0.25) is 4.90 Å². The van der Waals surface area contributed by atoms with Crippen molar-refractivity contribution in [3.05, 3.63) is 18.0 Å². The van der Waals surface area contributed by atoms with E-state index < -0.39 is 0 Å². The molecule has 1 saturated heterocycles. The Kier molecular flexibility index (Phi) is 4.53. The molecule has 23 heavy (non-hydrogen) atoms. The molecule has 0 saturated carbocycles. The van der Waals surface area contributed by atoms with Crippen molar-refractivity contribution in [1.82, 2.24) is 24.7 Å². The van der Waals surface area contributed by atoms with Crippen molar-refractivity contribution < 1.29 is 0 Å². The van der Waals surface area contributed by atoms with E-state index >= 15 is 0 Å². The Labute approximate surface area is 138 Å². The number of nitrogens with zero attached hydrogens (tertiary/aromatic N) is 5. The van der Waals surface area contributed by atoms with E-state index in [1.807, 2.05) is 16.6 Å². The predicted octanol–water partition coefficient (Wildman–Crippen LogP) is 2.71. The third-order valence-corrected chi connectivity index (χ3v) is 4.61. The minimum absolute atomic E-state index is 0.0760. The number of piperidine rings is 1. The Morgan fingerprint density at radius 3 is 2.78 bits per heavy atom. The van der Waals surface area contributed by atoms with E-state index in [4.69, 9.17) is 5.10 Å². The molecule has 1 atom stereocenters. The first kappa shape index (κ1) is 16.2. The molecule has 2 aromatic rings. The molecule has 0 spiro atoms. The number of hydrogen-bond acceptors (Lipinski definition) is 5. The summed E-state index contributed by atoms with van der Waals surface area (Å²) in [6.45, 7) is 11.9. The van der Waals surface area contributed by atoms with E-state index in [1.54, 1.807) is 0 Å². The van der Waals surface area contributed by atoms with Crippen LogP contribution in [-0.2, 0) is 5.41 Å². The number of fused-ring (bicyclic) bond motifs is 1. The van der Waals surface area contributed by atoms with Gasteiger partial charge in [-0.05, 0) is 38.1 Å². The predicted molar refractivity (Wildman–Crippen MR) is 92.9 cm³/mol. The Morgan fingerprint density at radius 2 is 2.04 bits per heavy atom. The van der Waals surface area contributed by atoms with E-state index in [0.717, 1.165) is 30.4 Å². The summed E-state index contributed by atoms with van der Waals surface area (Å²) in [5, 5.41) is 16.7. The number of anilines is 1. The molecule has 0 radical (unpaired) electrons. The zero-order valence-electron chi connectivity index (χ0n) is 14.7. The van der Waals surface area contributed by atoms with E-state index in [0.29, 0.717) is 6.04 Å². The fourth-order valence-corrected chi connectivity index (χ4v) is 3.28. The summed E-state index contributed by atoms with van der Waals surface area (Å²) in [5.74, 6) is 1.79. The zero-order chi connectivity index (χ0) is 16.4. The number of likely N-dealkylation sites (tertiary alicyclic amines) is 1. The molecular weight excluding hydrogens is 288 g/mol.